The number of hydrogen-bond acceptors (Lipinski definition) is 3. The predicted octanol–water partition coefficient (Wildman–Crippen LogP) is 1.96. The van der Waals surface area contributed by atoms with Gasteiger partial charge >= 0.3 is 12.1 Å². The maximum atomic E-state index is 11.9. The van der Waals surface area contributed by atoms with Crippen molar-refractivity contribution in [3.05, 3.63) is 0 Å². The summed E-state index contributed by atoms with van der Waals surface area (Å²) in [6.45, 7) is 6.83. The van der Waals surface area contributed by atoms with E-state index in [4.69, 9.17) is 9.84 Å². The minimum atomic E-state index is -0.701. The van der Waals surface area contributed by atoms with Gasteiger partial charge in [-0.15, -0.1) is 0 Å². The van der Waals surface area contributed by atoms with Gasteiger partial charge < -0.3 is 14.7 Å². The molecule has 2 fully saturated rings. The van der Waals surface area contributed by atoms with E-state index in [0.717, 1.165) is 0 Å². The van der Waals surface area contributed by atoms with Gasteiger partial charge in [-0.3, -0.25) is 4.79 Å². The van der Waals surface area contributed by atoms with Gasteiger partial charge in [0.25, 0.3) is 0 Å². The fourth-order valence-electron chi connectivity index (χ4n) is 2.98. The molecule has 1 heterocycles. The molecule has 102 valence electrons. The Morgan fingerprint density at radius 1 is 1.17 bits per heavy atom. The van der Waals surface area contributed by atoms with Crippen molar-refractivity contribution in [2.24, 2.45) is 17.8 Å². The summed E-state index contributed by atoms with van der Waals surface area (Å²) in [7, 11) is 0. The Morgan fingerprint density at radius 3 is 2.06 bits per heavy atom. The predicted molar refractivity (Wildman–Crippen MR) is 65.1 cm³/mol. The molecular formula is C13H21NO4. The number of aliphatic carboxylic acids is 1. The zero-order valence-corrected chi connectivity index (χ0v) is 11.2. The average Bonchev–Trinajstić information content (AvgIpc) is 2.69. The summed E-state index contributed by atoms with van der Waals surface area (Å²) in [5.41, 5.74) is -0.474. The van der Waals surface area contributed by atoms with E-state index in [1.807, 2.05) is 20.8 Å². The summed E-state index contributed by atoms with van der Waals surface area (Å²) >= 11 is 0. The lowest BCUT2D eigenvalue weighted by Gasteiger charge is -2.25. The molecule has 0 spiro atoms. The molecule has 0 aromatic rings. The third-order valence-corrected chi connectivity index (χ3v) is 3.75. The SMILES string of the molecule is CC(C)(C)OC(=O)N1C[C@H]2C[C@H](C(=O)O)C[C@H]2C1. The lowest BCUT2D eigenvalue weighted by Crippen LogP contribution is -2.36. The Balaban J connectivity index is 1.89. The van der Waals surface area contributed by atoms with Crippen LogP contribution in [0.5, 0.6) is 0 Å². The molecule has 5 nitrogen and oxygen atoms in total. The Hall–Kier alpha value is -1.26. The Bertz CT molecular complexity index is 346. The highest BCUT2D eigenvalue weighted by molar-refractivity contribution is 5.71. The van der Waals surface area contributed by atoms with Crippen molar-refractivity contribution < 1.29 is 19.4 Å². The molecule has 1 N–H and O–H groups in total. The number of nitrogens with zero attached hydrogens (tertiary/aromatic N) is 1. The molecule has 1 saturated heterocycles. The van der Waals surface area contributed by atoms with Crippen LogP contribution in [-0.4, -0.2) is 40.8 Å². The van der Waals surface area contributed by atoms with Gasteiger partial charge in [0.1, 0.15) is 5.60 Å². The van der Waals surface area contributed by atoms with E-state index in [1.54, 1.807) is 4.90 Å². The van der Waals surface area contributed by atoms with E-state index in [9.17, 15) is 9.59 Å². The van der Waals surface area contributed by atoms with Crippen molar-refractivity contribution in [3.8, 4) is 0 Å². The molecule has 18 heavy (non-hydrogen) atoms. The lowest BCUT2D eigenvalue weighted by molar-refractivity contribution is -0.141. The number of carbonyl (C=O) groups is 2. The third kappa shape index (κ3) is 2.76. The Morgan fingerprint density at radius 2 is 1.67 bits per heavy atom. The normalized spacial score (nSPS) is 31.3. The smallest absolute Gasteiger partial charge is 0.410 e. The van der Waals surface area contributed by atoms with Gasteiger partial charge in [-0.2, -0.15) is 0 Å². The van der Waals surface area contributed by atoms with Gasteiger partial charge in [-0.25, -0.2) is 4.79 Å². The van der Waals surface area contributed by atoms with Crippen molar-refractivity contribution >= 4 is 12.1 Å². The first kappa shape index (κ1) is 13.2. The molecule has 1 aliphatic heterocycles. The standard InChI is InChI=1S/C13H21NO4/c1-13(2,3)18-12(17)14-6-9-4-8(11(15)16)5-10(9)7-14/h8-10H,4-7H2,1-3H3,(H,15,16)/t8-,9+,10-. The van der Waals surface area contributed by atoms with E-state index in [1.165, 1.54) is 0 Å². The van der Waals surface area contributed by atoms with Crippen LogP contribution in [-0.2, 0) is 9.53 Å². The fourth-order valence-corrected chi connectivity index (χ4v) is 2.98. The number of hydrogen-bond donors (Lipinski definition) is 1. The summed E-state index contributed by atoms with van der Waals surface area (Å²) in [5, 5.41) is 8.99. The Labute approximate surface area is 107 Å². The second-order valence-electron chi connectivity index (χ2n) is 6.41. The Kier molecular flexibility index (Phi) is 3.25. The summed E-state index contributed by atoms with van der Waals surface area (Å²) < 4.78 is 5.33. The molecule has 1 amide bonds. The molecule has 0 bridgehead atoms. The lowest BCUT2D eigenvalue weighted by atomic mass is 10.0. The highest BCUT2D eigenvalue weighted by Crippen LogP contribution is 2.41. The van der Waals surface area contributed by atoms with Crippen LogP contribution in [0.1, 0.15) is 33.6 Å². The highest BCUT2D eigenvalue weighted by Gasteiger charge is 2.45. The minimum Gasteiger partial charge on any atom is -0.481 e. The van der Waals surface area contributed by atoms with Crippen molar-refractivity contribution in [1.82, 2.24) is 4.90 Å². The van der Waals surface area contributed by atoms with Crippen LogP contribution in [0.2, 0.25) is 0 Å². The number of rotatable bonds is 1. The molecule has 0 aromatic heterocycles. The summed E-state index contributed by atoms with van der Waals surface area (Å²) in [6, 6.07) is 0. The fraction of sp³-hybridized carbons (Fsp3) is 0.846. The van der Waals surface area contributed by atoms with Crippen LogP contribution in [0.25, 0.3) is 0 Å². The second kappa shape index (κ2) is 4.44. The van der Waals surface area contributed by atoms with Crippen molar-refractivity contribution in [2.75, 3.05) is 13.1 Å². The van der Waals surface area contributed by atoms with E-state index in [0.29, 0.717) is 37.8 Å². The van der Waals surface area contributed by atoms with Gasteiger partial charge in [0.2, 0.25) is 0 Å². The maximum absolute atomic E-state index is 11.9. The monoisotopic (exact) mass is 255 g/mol. The molecule has 0 radical (unpaired) electrons. The molecule has 2 rings (SSSR count). The average molecular weight is 255 g/mol. The number of fused-ring (bicyclic) bond motifs is 1. The highest BCUT2D eigenvalue weighted by atomic mass is 16.6. The van der Waals surface area contributed by atoms with E-state index >= 15 is 0 Å². The van der Waals surface area contributed by atoms with Crippen LogP contribution in [0.3, 0.4) is 0 Å². The molecule has 5 heteroatoms. The zero-order chi connectivity index (χ0) is 13.5. The summed E-state index contributed by atoms with van der Waals surface area (Å²) in [4.78, 5) is 24.5. The van der Waals surface area contributed by atoms with Gasteiger partial charge in [-0.1, -0.05) is 0 Å². The second-order valence-corrected chi connectivity index (χ2v) is 6.41. The van der Waals surface area contributed by atoms with Gasteiger partial charge in [0, 0.05) is 13.1 Å². The van der Waals surface area contributed by atoms with E-state index < -0.39 is 11.6 Å². The van der Waals surface area contributed by atoms with Crippen molar-refractivity contribution in [1.29, 1.82) is 0 Å². The van der Waals surface area contributed by atoms with Crippen LogP contribution in [0.15, 0.2) is 0 Å². The first-order chi connectivity index (χ1) is 8.26. The summed E-state index contributed by atoms with van der Waals surface area (Å²) in [6.07, 6.45) is 1.11. The number of carboxylic acids is 1. The molecule has 2 aliphatic rings. The van der Waals surface area contributed by atoms with Crippen molar-refractivity contribution in [2.45, 2.75) is 39.2 Å². The van der Waals surface area contributed by atoms with Gasteiger partial charge in [0.05, 0.1) is 5.92 Å². The number of carbonyl (C=O) groups excluding carboxylic acids is 1. The van der Waals surface area contributed by atoms with Gasteiger partial charge in [-0.05, 0) is 45.4 Å². The molecular weight excluding hydrogens is 234 g/mol. The van der Waals surface area contributed by atoms with Crippen LogP contribution in [0.4, 0.5) is 4.79 Å². The molecule has 0 aromatic carbocycles. The third-order valence-electron chi connectivity index (χ3n) is 3.75. The van der Waals surface area contributed by atoms with E-state index in [-0.39, 0.29) is 12.0 Å². The number of likely N-dealkylation sites (tertiary alicyclic amines) is 1. The van der Waals surface area contributed by atoms with Crippen LogP contribution < -0.4 is 0 Å². The first-order valence-electron chi connectivity index (χ1n) is 6.47. The number of amides is 1. The molecule has 0 unspecified atom stereocenters. The summed E-state index contributed by atoms with van der Waals surface area (Å²) in [5.74, 6) is -0.258. The number of carboxylic acid groups (broad SMARTS) is 1. The zero-order valence-electron chi connectivity index (χ0n) is 11.2. The minimum absolute atomic E-state index is 0.221. The molecule has 1 saturated carbocycles. The quantitative estimate of drug-likeness (QED) is 0.777. The maximum Gasteiger partial charge on any atom is 0.410 e. The van der Waals surface area contributed by atoms with E-state index in [2.05, 4.69) is 0 Å². The topological polar surface area (TPSA) is 66.8 Å². The van der Waals surface area contributed by atoms with Crippen molar-refractivity contribution in [3.63, 3.8) is 0 Å². The number of ether oxygens (including phenoxy) is 1. The largest absolute Gasteiger partial charge is 0.481 e. The van der Waals surface area contributed by atoms with Crippen LogP contribution in [0, 0.1) is 17.8 Å². The van der Waals surface area contributed by atoms with Gasteiger partial charge in [0.15, 0.2) is 0 Å². The first-order valence-corrected chi connectivity index (χ1v) is 6.47. The molecule has 1 aliphatic carbocycles. The van der Waals surface area contributed by atoms with Crippen LogP contribution >= 0.6 is 0 Å². The molecule has 3 atom stereocenters.